The molecule has 3 rings (SSSR count). The maximum absolute atomic E-state index is 5.43. The molecule has 0 aromatic carbocycles. The van der Waals surface area contributed by atoms with E-state index in [-0.39, 0.29) is 0 Å². The average Bonchev–Trinajstić information content (AvgIpc) is 2.78. The molecular formula is C10H18N2O. The molecule has 3 aliphatic rings. The molecule has 3 atom stereocenters. The molecule has 1 N–H and O–H groups in total. The van der Waals surface area contributed by atoms with Crippen LogP contribution in [0, 0.1) is 11.8 Å². The topological polar surface area (TPSA) is 24.5 Å². The summed E-state index contributed by atoms with van der Waals surface area (Å²) in [6.45, 7) is 7.07. The molecule has 0 aromatic heterocycles. The van der Waals surface area contributed by atoms with Crippen molar-refractivity contribution in [1.29, 1.82) is 0 Å². The van der Waals surface area contributed by atoms with E-state index in [1.807, 2.05) is 0 Å². The summed E-state index contributed by atoms with van der Waals surface area (Å²) in [6, 6.07) is 0.741. The molecule has 3 heterocycles. The van der Waals surface area contributed by atoms with Gasteiger partial charge in [-0.3, -0.25) is 4.90 Å². The smallest absolute Gasteiger partial charge is 0.0622 e. The minimum atomic E-state index is 0.741. The van der Waals surface area contributed by atoms with E-state index in [4.69, 9.17) is 4.74 Å². The van der Waals surface area contributed by atoms with Crippen molar-refractivity contribution in [1.82, 2.24) is 10.2 Å². The van der Waals surface area contributed by atoms with Gasteiger partial charge in [0.25, 0.3) is 0 Å². The van der Waals surface area contributed by atoms with Gasteiger partial charge in [-0.1, -0.05) is 0 Å². The van der Waals surface area contributed by atoms with E-state index >= 15 is 0 Å². The highest BCUT2D eigenvalue weighted by atomic mass is 16.5. The average molecular weight is 182 g/mol. The Morgan fingerprint density at radius 2 is 1.92 bits per heavy atom. The van der Waals surface area contributed by atoms with Crippen molar-refractivity contribution in [3.8, 4) is 0 Å². The van der Waals surface area contributed by atoms with Gasteiger partial charge in [-0.2, -0.15) is 0 Å². The number of nitrogens with one attached hydrogen (secondary N) is 1. The lowest BCUT2D eigenvalue weighted by molar-refractivity contribution is 0.154. The third-order valence-corrected chi connectivity index (χ3v) is 3.84. The second-order valence-electron chi connectivity index (χ2n) is 4.65. The Hall–Kier alpha value is -0.120. The Bertz CT molecular complexity index is 179. The largest absolute Gasteiger partial charge is 0.380 e. The van der Waals surface area contributed by atoms with Crippen LogP contribution in [0.4, 0.5) is 0 Å². The van der Waals surface area contributed by atoms with E-state index in [1.54, 1.807) is 0 Å². The molecule has 13 heavy (non-hydrogen) atoms. The van der Waals surface area contributed by atoms with Gasteiger partial charge in [0.05, 0.1) is 6.61 Å². The van der Waals surface area contributed by atoms with Gasteiger partial charge < -0.3 is 10.1 Å². The van der Waals surface area contributed by atoms with Gasteiger partial charge in [0.2, 0.25) is 0 Å². The van der Waals surface area contributed by atoms with Crippen LogP contribution in [0.15, 0.2) is 0 Å². The Morgan fingerprint density at radius 1 is 1.15 bits per heavy atom. The molecule has 3 fully saturated rings. The van der Waals surface area contributed by atoms with Gasteiger partial charge in [-0.05, 0) is 31.3 Å². The van der Waals surface area contributed by atoms with E-state index < -0.39 is 0 Å². The fourth-order valence-electron chi connectivity index (χ4n) is 3.00. The summed E-state index contributed by atoms with van der Waals surface area (Å²) in [5.41, 5.74) is 0. The van der Waals surface area contributed by atoms with Crippen molar-refractivity contribution >= 4 is 0 Å². The first-order valence-corrected chi connectivity index (χ1v) is 5.46. The first kappa shape index (κ1) is 8.21. The SMILES string of the molecule is C1CC(N2C[C@H]3CNC[C@H]3C2)CO1. The third-order valence-electron chi connectivity index (χ3n) is 3.84. The third kappa shape index (κ3) is 1.39. The van der Waals surface area contributed by atoms with Crippen molar-refractivity contribution in [2.24, 2.45) is 11.8 Å². The number of hydrogen-bond donors (Lipinski definition) is 1. The minimum absolute atomic E-state index is 0.741. The predicted octanol–water partition coefficient (Wildman–Crippen LogP) is -0.0735. The van der Waals surface area contributed by atoms with E-state index in [2.05, 4.69) is 10.2 Å². The summed E-state index contributed by atoms with van der Waals surface area (Å²) in [4.78, 5) is 2.66. The van der Waals surface area contributed by atoms with Gasteiger partial charge in [-0.25, -0.2) is 0 Å². The molecule has 3 nitrogen and oxygen atoms in total. The van der Waals surface area contributed by atoms with Crippen molar-refractivity contribution in [3.05, 3.63) is 0 Å². The summed E-state index contributed by atoms with van der Waals surface area (Å²) >= 11 is 0. The van der Waals surface area contributed by atoms with E-state index in [9.17, 15) is 0 Å². The molecule has 3 aliphatic heterocycles. The Balaban J connectivity index is 1.62. The van der Waals surface area contributed by atoms with Crippen LogP contribution in [0.5, 0.6) is 0 Å². The minimum Gasteiger partial charge on any atom is -0.380 e. The molecule has 0 bridgehead atoms. The maximum atomic E-state index is 5.43. The van der Waals surface area contributed by atoms with E-state index in [1.165, 1.54) is 32.6 Å². The molecule has 0 saturated carbocycles. The van der Waals surface area contributed by atoms with Crippen LogP contribution in [0.25, 0.3) is 0 Å². The van der Waals surface area contributed by atoms with Crippen LogP contribution in [0.3, 0.4) is 0 Å². The molecule has 0 radical (unpaired) electrons. The van der Waals surface area contributed by atoms with E-state index in [0.717, 1.165) is 31.1 Å². The highest BCUT2D eigenvalue weighted by Gasteiger charge is 2.39. The highest BCUT2D eigenvalue weighted by molar-refractivity contribution is 4.94. The first-order valence-electron chi connectivity index (χ1n) is 5.46. The second-order valence-corrected chi connectivity index (χ2v) is 4.65. The summed E-state index contributed by atoms with van der Waals surface area (Å²) in [7, 11) is 0. The van der Waals surface area contributed by atoms with Gasteiger partial charge in [0, 0.05) is 25.7 Å². The second kappa shape index (κ2) is 3.23. The van der Waals surface area contributed by atoms with Crippen molar-refractivity contribution < 1.29 is 4.74 Å². The van der Waals surface area contributed by atoms with Gasteiger partial charge >= 0.3 is 0 Å². The van der Waals surface area contributed by atoms with Gasteiger partial charge in [0.15, 0.2) is 0 Å². The number of fused-ring (bicyclic) bond motifs is 1. The maximum Gasteiger partial charge on any atom is 0.0622 e. The Kier molecular flexibility index (Phi) is 2.04. The quantitative estimate of drug-likeness (QED) is 0.614. The Morgan fingerprint density at radius 3 is 2.54 bits per heavy atom. The molecule has 0 aromatic rings. The van der Waals surface area contributed by atoms with Crippen LogP contribution in [0.2, 0.25) is 0 Å². The lowest BCUT2D eigenvalue weighted by atomic mass is 10.0. The van der Waals surface area contributed by atoms with Crippen molar-refractivity contribution in [2.75, 3.05) is 39.4 Å². The van der Waals surface area contributed by atoms with Crippen LogP contribution < -0.4 is 5.32 Å². The summed E-state index contributed by atoms with van der Waals surface area (Å²) in [5, 5.41) is 3.48. The highest BCUT2D eigenvalue weighted by Crippen LogP contribution is 2.29. The fraction of sp³-hybridized carbons (Fsp3) is 1.00. The number of likely N-dealkylation sites (tertiary alicyclic amines) is 1. The molecule has 0 aliphatic carbocycles. The normalized spacial score (nSPS) is 45.7. The number of rotatable bonds is 1. The van der Waals surface area contributed by atoms with Gasteiger partial charge in [0.1, 0.15) is 0 Å². The molecular weight excluding hydrogens is 164 g/mol. The van der Waals surface area contributed by atoms with Gasteiger partial charge in [-0.15, -0.1) is 0 Å². The summed E-state index contributed by atoms with van der Waals surface area (Å²) in [5.74, 6) is 1.86. The molecule has 74 valence electrons. The number of hydrogen-bond acceptors (Lipinski definition) is 3. The predicted molar refractivity (Wildman–Crippen MR) is 50.6 cm³/mol. The summed E-state index contributed by atoms with van der Waals surface area (Å²) < 4.78 is 5.43. The lowest BCUT2D eigenvalue weighted by Crippen LogP contribution is -2.35. The number of ether oxygens (including phenoxy) is 1. The van der Waals surface area contributed by atoms with Crippen LogP contribution in [-0.4, -0.2) is 50.3 Å². The fourth-order valence-corrected chi connectivity index (χ4v) is 3.00. The zero-order valence-electron chi connectivity index (χ0n) is 8.04. The molecule has 1 unspecified atom stereocenters. The van der Waals surface area contributed by atoms with Crippen molar-refractivity contribution in [3.63, 3.8) is 0 Å². The number of nitrogens with zero attached hydrogens (tertiary/aromatic N) is 1. The Labute approximate surface area is 79.4 Å². The molecule has 3 heteroatoms. The van der Waals surface area contributed by atoms with Crippen LogP contribution in [0.1, 0.15) is 6.42 Å². The molecule has 3 saturated heterocycles. The lowest BCUT2D eigenvalue weighted by Gasteiger charge is -2.22. The van der Waals surface area contributed by atoms with Crippen LogP contribution in [-0.2, 0) is 4.74 Å². The zero-order valence-corrected chi connectivity index (χ0v) is 8.04. The first-order chi connectivity index (χ1) is 6.43. The van der Waals surface area contributed by atoms with Crippen LogP contribution >= 0.6 is 0 Å². The van der Waals surface area contributed by atoms with Crippen molar-refractivity contribution in [2.45, 2.75) is 12.5 Å². The monoisotopic (exact) mass is 182 g/mol. The van der Waals surface area contributed by atoms with E-state index in [0.29, 0.717) is 0 Å². The molecule has 0 spiro atoms. The summed E-state index contributed by atoms with van der Waals surface area (Å²) in [6.07, 6.45) is 1.26. The molecule has 0 amide bonds. The zero-order chi connectivity index (χ0) is 8.67. The standard InChI is InChI=1S/C10H18N2O/c1-2-13-7-10(1)12-5-8-3-11-4-9(8)6-12/h8-11H,1-7H2/t8-,9+,10?.